The third kappa shape index (κ3) is 3.89. The Balaban J connectivity index is 1.53. The van der Waals surface area contributed by atoms with Crippen molar-refractivity contribution < 1.29 is 0 Å². The van der Waals surface area contributed by atoms with Crippen molar-refractivity contribution >= 4 is 28.6 Å². The number of nitrogens with one attached hydrogen (secondary N) is 3. The highest BCUT2D eigenvalue weighted by Gasteiger charge is 2.29. The van der Waals surface area contributed by atoms with Crippen LogP contribution in [0.3, 0.4) is 0 Å². The van der Waals surface area contributed by atoms with Gasteiger partial charge in [0.1, 0.15) is 0 Å². The molecule has 0 radical (unpaired) electrons. The molecule has 1 aliphatic heterocycles. The van der Waals surface area contributed by atoms with E-state index in [4.69, 9.17) is 0 Å². The van der Waals surface area contributed by atoms with E-state index in [-0.39, 0.29) is 0 Å². The summed E-state index contributed by atoms with van der Waals surface area (Å²) in [5.74, 6) is 2.19. The number of guanidine groups is 1. The van der Waals surface area contributed by atoms with E-state index in [0.717, 1.165) is 25.5 Å². The largest absolute Gasteiger partial charge is 0.358 e. The molecule has 0 amide bonds. The minimum atomic E-state index is 0.352. The molecule has 24 heavy (non-hydrogen) atoms. The van der Waals surface area contributed by atoms with Crippen molar-refractivity contribution in [3.05, 3.63) is 35.5 Å². The monoisotopic (exact) mass is 344 g/mol. The number of H-pyrrole nitrogens is 1. The van der Waals surface area contributed by atoms with E-state index in [1.165, 1.54) is 40.8 Å². The van der Waals surface area contributed by atoms with Crippen LogP contribution in [0.5, 0.6) is 0 Å². The first-order chi connectivity index (χ1) is 11.6. The standard InChI is InChI=1S/C19H28N4S/c1-14-15(16-7-4-5-8-17(16)23-14)9-11-21-18(20-3)22-13-19(2)10-6-12-24-19/h4-5,7-8,23H,6,9-13H2,1-3H3,(H2,20,21,22). The summed E-state index contributed by atoms with van der Waals surface area (Å²) >= 11 is 2.07. The van der Waals surface area contributed by atoms with E-state index in [9.17, 15) is 0 Å². The van der Waals surface area contributed by atoms with Gasteiger partial charge in [-0.2, -0.15) is 11.8 Å². The number of aromatic amines is 1. The van der Waals surface area contributed by atoms with Crippen molar-refractivity contribution in [2.75, 3.05) is 25.9 Å². The highest BCUT2D eigenvalue weighted by molar-refractivity contribution is 8.00. The number of aromatic nitrogens is 1. The van der Waals surface area contributed by atoms with Crippen LogP contribution in [0, 0.1) is 6.92 Å². The third-order valence-corrected chi connectivity index (χ3v) is 6.39. The quantitative estimate of drug-likeness (QED) is 0.575. The number of aryl methyl sites for hydroxylation is 1. The highest BCUT2D eigenvalue weighted by Crippen LogP contribution is 2.36. The number of nitrogens with zero attached hydrogens (tertiary/aromatic N) is 1. The summed E-state index contributed by atoms with van der Waals surface area (Å²) < 4.78 is 0.352. The molecule has 130 valence electrons. The topological polar surface area (TPSA) is 52.2 Å². The molecule has 1 unspecified atom stereocenters. The predicted molar refractivity (Wildman–Crippen MR) is 106 cm³/mol. The summed E-state index contributed by atoms with van der Waals surface area (Å²) in [5, 5.41) is 8.28. The van der Waals surface area contributed by atoms with E-state index in [2.05, 4.69) is 70.5 Å². The number of hydrogen-bond acceptors (Lipinski definition) is 2. The fourth-order valence-electron chi connectivity index (χ4n) is 3.43. The van der Waals surface area contributed by atoms with Gasteiger partial charge in [0.05, 0.1) is 0 Å². The maximum absolute atomic E-state index is 4.36. The van der Waals surface area contributed by atoms with Crippen LogP contribution in [-0.4, -0.2) is 41.6 Å². The summed E-state index contributed by atoms with van der Waals surface area (Å²) in [6, 6.07) is 8.51. The van der Waals surface area contributed by atoms with Crippen molar-refractivity contribution in [1.29, 1.82) is 0 Å². The van der Waals surface area contributed by atoms with Gasteiger partial charge in [0.2, 0.25) is 0 Å². The maximum Gasteiger partial charge on any atom is 0.191 e. The van der Waals surface area contributed by atoms with E-state index in [1.54, 1.807) is 0 Å². The second-order valence-electron chi connectivity index (χ2n) is 6.78. The zero-order valence-corrected chi connectivity index (χ0v) is 15.7. The van der Waals surface area contributed by atoms with E-state index >= 15 is 0 Å². The first kappa shape index (κ1) is 17.2. The van der Waals surface area contributed by atoms with Crippen molar-refractivity contribution in [2.24, 2.45) is 4.99 Å². The van der Waals surface area contributed by atoms with Gasteiger partial charge in [-0.05, 0) is 50.5 Å². The smallest absolute Gasteiger partial charge is 0.191 e. The van der Waals surface area contributed by atoms with Crippen LogP contribution < -0.4 is 10.6 Å². The van der Waals surface area contributed by atoms with Gasteiger partial charge < -0.3 is 15.6 Å². The molecule has 1 aliphatic rings. The van der Waals surface area contributed by atoms with E-state index in [1.807, 2.05) is 7.05 Å². The molecule has 3 N–H and O–H groups in total. The lowest BCUT2D eigenvalue weighted by atomic mass is 10.1. The number of benzene rings is 1. The summed E-state index contributed by atoms with van der Waals surface area (Å²) in [5.41, 5.74) is 3.88. The Morgan fingerprint density at radius 1 is 1.33 bits per heavy atom. The van der Waals surface area contributed by atoms with Gasteiger partial charge in [-0.1, -0.05) is 18.2 Å². The number of thioether (sulfide) groups is 1. The van der Waals surface area contributed by atoms with Crippen LogP contribution in [0.1, 0.15) is 31.0 Å². The second-order valence-corrected chi connectivity index (χ2v) is 8.46. The molecule has 0 saturated carbocycles. The molecule has 5 heteroatoms. The normalized spacial score (nSPS) is 21.4. The van der Waals surface area contributed by atoms with Gasteiger partial charge in [-0.3, -0.25) is 4.99 Å². The van der Waals surface area contributed by atoms with Crippen LogP contribution in [0.2, 0.25) is 0 Å². The fourth-order valence-corrected chi connectivity index (χ4v) is 4.67. The molecule has 0 aliphatic carbocycles. The molecule has 1 aromatic carbocycles. The lowest BCUT2D eigenvalue weighted by molar-refractivity contribution is 0.584. The van der Waals surface area contributed by atoms with Crippen LogP contribution in [0.4, 0.5) is 0 Å². The predicted octanol–water partition coefficient (Wildman–Crippen LogP) is 3.47. The van der Waals surface area contributed by atoms with Gasteiger partial charge in [-0.25, -0.2) is 0 Å². The van der Waals surface area contributed by atoms with Gasteiger partial charge in [-0.15, -0.1) is 0 Å². The number of fused-ring (bicyclic) bond motifs is 1. The van der Waals surface area contributed by atoms with Crippen molar-refractivity contribution in [1.82, 2.24) is 15.6 Å². The summed E-state index contributed by atoms with van der Waals surface area (Å²) in [4.78, 5) is 7.83. The second kappa shape index (κ2) is 7.51. The maximum atomic E-state index is 4.36. The third-order valence-electron chi connectivity index (χ3n) is 4.85. The molecule has 1 aromatic heterocycles. The SMILES string of the molecule is CN=C(NCCc1c(C)[nH]c2ccccc12)NCC1(C)CCCS1. The Labute approximate surface area is 148 Å². The summed E-state index contributed by atoms with van der Waals surface area (Å²) in [7, 11) is 1.84. The summed E-state index contributed by atoms with van der Waals surface area (Å²) in [6.45, 7) is 6.36. The molecule has 2 aromatic rings. The zero-order chi connectivity index (χ0) is 17.0. The van der Waals surface area contributed by atoms with Crippen LogP contribution in [0.15, 0.2) is 29.3 Å². The molecule has 1 saturated heterocycles. The van der Waals surface area contributed by atoms with Crippen LogP contribution >= 0.6 is 11.8 Å². The van der Waals surface area contributed by atoms with E-state index < -0.39 is 0 Å². The van der Waals surface area contributed by atoms with Gasteiger partial charge in [0.25, 0.3) is 0 Å². The van der Waals surface area contributed by atoms with Crippen molar-refractivity contribution in [2.45, 2.75) is 37.9 Å². The fraction of sp³-hybridized carbons (Fsp3) is 0.526. The molecule has 1 fully saturated rings. The first-order valence-electron chi connectivity index (χ1n) is 8.76. The Kier molecular flexibility index (Phi) is 5.39. The molecular weight excluding hydrogens is 316 g/mol. The molecule has 3 rings (SSSR count). The van der Waals surface area contributed by atoms with E-state index in [0.29, 0.717) is 4.75 Å². The zero-order valence-electron chi connectivity index (χ0n) is 14.9. The number of para-hydroxylation sites is 1. The molecule has 0 spiro atoms. The Morgan fingerprint density at radius 2 is 2.17 bits per heavy atom. The lowest BCUT2D eigenvalue weighted by Gasteiger charge is -2.24. The first-order valence-corrected chi connectivity index (χ1v) is 9.74. The average molecular weight is 345 g/mol. The van der Waals surface area contributed by atoms with Gasteiger partial charge in [0.15, 0.2) is 5.96 Å². The molecule has 0 bridgehead atoms. The van der Waals surface area contributed by atoms with Crippen LogP contribution in [0.25, 0.3) is 10.9 Å². The number of hydrogen-bond donors (Lipinski definition) is 3. The Hall–Kier alpha value is -1.62. The minimum absolute atomic E-state index is 0.352. The Bertz CT molecular complexity index is 713. The highest BCUT2D eigenvalue weighted by atomic mass is 32.2. The lowest BCUT2D eigenvalue weighted by Crippen LogP contribution is -2.44. The van der Waals surface area contributed by atoms with Crippen LogP contribution in [-0.2, 0) is 6.42 Å². The van der Waals surface area contributed by atoms with Crippen molar-refractivity contribution in [3.8, 4) is 0 Å². The molecule has 1 atom stereocenters. The molecule has 2 heterocycles. The number of aliphatic imine (C=N–C) groups is 1. The van der Waals surface area contributed by atoms with Gasteiger partial charge >= 0.3 is 0 Å². The number of rotatable bonds is 5. The van der Waals surface area contributed by atoms with Gasteiger partial charge in [0, 0.05) is 41.5 Å². The summed E-state index contributed by atoms with van der Waals surface area (Å²) in [6.07, 6.45) is 3.60. The molecule has 4 nitrogen and oxygen atoms in total. The Morgan fingerprint density at radius 3 is 2.92 bits per heavy atom. The minimum Gasteiger partial charge on any atom is -0.358 e. The average Bonchev–Trinajstić information content (AvgIpc) is 3.15. The van der Waals surface area contributed by atoms with Crippen molar-refractivity contribution in [3.63, 3.8) is 0 Å². The molecular formula is C19H28N4S.